The van der Waals surface area contributed by atoms with Crippen LogP contribution in [0.5, 0.6) is 5.75 Å². The van der Waals surface area contributed by atoms with Crippen LogP contribution in [-0.2, 0) is 11.2 Å². The summed E-state index contributed by atoms with van der Waals surface area (Å²) in [6.07, 6.45) is 0.287. The Bertz CT molecular complexity index is 610. The molecule has 2 rings (SSSR count). The predicted molar refractivity (Wildman–Crippen MR) is 86.0 cm³/mol. The number of hydrogen-bond donors (Lipinski definition) is 1. The van der Waals surface area contributed by atoms with Crippen LogP contribution in [-0.4, -0.2) is 12.0 Å². The third-order valence-corrected chi connectivity index (χ3v) is 3.39. The van der Waals surface area contributed by atoms with Gasteiger partial charge in [0.2, 0.25) is 0 Å². The Kier molecular flexibility index (Phi) is 5.23. The lowest BCUT2D eigenvalue weighted by Crippen LogP contribution is -2.30. The molecule has 0 aromatic heterocycles. The third-order valence-electron chi connectivity index (χ3n) is 3.14. The highest BCUT2D eigenvalue weighted by atomic mass is 35.5. The van der Waals surface area contributed by atoms with E-state index < -0.39 is 6.10 Å². The van der Waals surface area contributed by atoms with E-state index in [1.54, 1.807) is 31.2 Å². The Morgan fingerprint density at radius 2 is 1.86 bits per heavy atom. The maximum Gasteiger partial charge on any atom is 0.265 e. The van der Waals surface area contributed by atoms with Crippen LogP contribution in [0, 0.1) is 0 Å². The van der Waals surface area contributed by atoms with Crippen molar-refractivity contribution < 1.29 is 9.53 Å². The van der Waals surface area contributed by atoms with Crippen LogP contribution in [0.4, 0.5) is 5.69 Å². The maximum atomic E-state index is 12.1. The van der Waals surface area contributed by atoms with Gasteiger partial charge in [-0.05, 0) is 49.2 Å². The smallest absolute Gasteiger partial charge is 0.265 e. The first-order chi connectivity index (χ1) is 10.1. The summed E-state index contributed by atoms with van der Waals surface area (Å²) in [5.74, 6) is 0.557. The minimum Gasteiger partial charge on any atom is -0.481 e. The van der Waals surface area contributed by atoms with Gasteiger partial charge in [0, 0.05) is 10.7 Å². The standard InChI is InChI=1S/C17H18ClNO2/c1-3-13-6-4-5-7-16(13)21-12(2)17(20)19-15-10-8-14(18)9-11-15/h4-12H,3H2,1-2H3,(H,19,20)/t12-/m0/s1. The number of anilines is 1. The number of benzene rings is 2. The summed E-state index contributed by atoms with van der Waals surface area (Å²) in [6.45, 7) is 3.79. The zero-order valence-corrected chi connectivity index (χ0v) is 12.9. The predicted octanol–water partition coefficient (Wildman–Crippen LogP) is 4.31. The van der Waals surface area contributed by atoms with Crippen molar-refractivity contribution in [1.29, 1.82) is 0 Å². The van der Waals surface area contributed by atoms with E-state index in [-0.39, 0.29) is 5.91 Å². The number of nitrogens with one attached hydrogen (secondary N) is 1. The summed E-state index contributed by atoms with van der Waals surface area (Å²) < 4.78 is 5.76. The molecule has 3 nitrogen and oxygen atoms in total. The molecule has 1 atom stereocenters. The molecule has 2 aromatic rings. The Morgan fingerprint density at radius 3 is 2.52 bits per heavy atom. The molecule has 0 saturated heterocycles. The highest BCUT2D eigenvalue weighted by molar-refractivity contribution is 6.30. The van der Waals surface area contributed by atoms with Gasteiger partial charge in [-0.1, -0.05) is 36.7 Å². The minimum absolute atomic E-state index is 0.191. The van der Waals surface area contributed by atoms with Gasteiger partial charge in [0.05, 0.1) is 0 Å². The number of ether oxygens (including phenoxy) is 1. The number of para-hydroxylation sites is 1. The Labute approximate surface area is 129 Å². The lowest BCUT2D eigenvalue weighted by atomic mass is 10.1. The molecule has 0 unspecified atom stereocenters. The average Bonchev–Trinajstić information content (AvgIpc) is 2.50. The van der Waals surface area contributed by atoms with Crippen LogP contribution < -0.4 is 10.1 Å². The summed E-state index contributed by atoms with van der Waals surface area (Å²) in [6, 6.07) is 14.7. The molecular weight excluding hydrogens is 286 g/mol. The quantitative estimate of drug-likeness (QED) is 0.894. The lowest BCUT2D eigenvalue weighted by Gasteiger charge is -2.16. The van der Waals surface area contributed by atoms with Crippen LogP contribution in [0.1, 0.15) is 19.4 Å². The number of carbonyl (C=O) groups excluding carboxylic acids is 1. The molecule has 110 valence electrons. The van der Waals surface area contributed by atoms with E-state index in [1.807, 2.05) is 24.3 Å². The second kappa shape index (κ2) is 7.14. The fraction of sp³-hybridized carbons (Fsp3) is 0.235. The highest BCUT2D eigenvalue weighted by Crippen LogP contribution is 2.20. The van der Waals surface area contributed by atoms with Crippen molar-refractivity contribution in [2.45, 2.75) is 26.4 Å². The second-order valence-corrected chi connectivity index (χ2v) is 5.15. The molecule has 1 amide bonds. The topological polar surface area (TPSA) is 38.3 Å². The lowest BCUT2D eigenvalue weighted by molar-refractivity contribution is -0.122. The summed E-state index contributed by atoms with van der Waals surface area (Å²) in [5.41, 5.74) is 1.78. The third kappa shape index (κ3) is 4.23. The molecule has 0 radical (unpaired) electrons. The molecule has 0 spiro atoms. The molecule has 0 bridgehead atoms. The number of aryl methyl sites for hydroxylation is 1. The molecule has 0 heterocycles. The van der Waals surface area contributed by atoms with Gasteiger partial charge in [0.25, 0.3) is 5.91 Å². The zero-order chi connectivity index (χ0) is 15.2. The molecule has 0 fully saturated rings. The molecule has 21 heavy (non-hydrogen) atoms. The Balaban J connectivity index is 2.01. The van der Waals surface area contributed by atoms with Crippen LogP contribution in [0.2, 0.25) is 5.02 Å². The van der Waals surface area contributed by atoms with Crippen LogP contribution in [0.15, 0.2) is 48.5 Å². The van der Waals surface area contributed by atoms with E-state index in [2.05, 4.69) is 12.2 Å². The highest BCUT2D eigenvalue weighted by Gasteiger charge is 2.16. The van der Waals surface area contributed by atoms with E-state index in [0.717, 1.165) is 17.7 Å². The molecule has 0 saturated carbocycles. The summed E-state index contributed by atoms with van der Waals surface area (Å²) in [7, 11) is 0. The van der Waals surface area contributed by atoms with Gasteiger partial charge in [0.1, 0.15) is 5.75 Å². The molecule has 2 aromatic carbocycles. The first kappa shape index (κ1) is 15.4. The van der Waals surface area contributed by atoms with Gasteiger partial charge in [-0.15, -0.1) is 0 Å². The summed E-state index contributed by atoms with van der Waals surface area (Å²) >= 11 is 5.81. The van der Waals surface area contributed by atoms with E-state index in [0.29, 0.717) is 10.7 Å². The van der Waals surface area contributed by atoms with Gasteiger partial charge in [0.15, 0.2) is 6.10 Å². The Morgan fingerprint density at radius 1 is 1.19 bits per heavy atom. The van der Waals surface area contributed by atoms with E-state index in [1.165, 1.54) is 0 Å². The number of halogens is 1. The van der Waals surface area contributed by atoms with Crippen molar-refractivity contribution in [1.82, 2.24) is 0 Å². The van der Waals surface area contributed by atoms with Crippen molar-refractivity contribution in [3.63, 3.8) is 0 Å². The number of hydrogen-bond acceptors (Lipinski definition) is 2. The molecular formula is C17H18ClNO2. The molecule has 0 aliphatic rings. The van der Waals surface area contributed by atoms with E-state index in [9.17, 15) is 4.79 Å². The number of amides is 1. The van der Waals surface area contributed by atoms with Crippen LogP contribution >= 0.6 is 11.6 Å². The summed E-state index contributed by atoms with van der Waals surface area (Å²) in [4.78, 5) is 12.1. The van der Waals surface area contributed by atoms with Gasteiger partial charge in [-0.2, -0.15) is 0 Å². The van der Waals surface area contributed by atoms with Crippen LogP contribution in [0.3, 0.4) is 0 Å². The largest absolute Gasteiger partial charge is 0.481 e. The average molecular weight is 304 g/mol. The van der Waals surface area contributed by atoms with Crippen molar-refractivity contribution in [2.75, 3.05) is 5.32 Å². The molecule has 4 heteroatoms. The maximum absolute atomic E-state index is 12.1. The fourth-order valence-electron chi connectivity index (χ4n) is 1.93. The van der Waals surface area contributed by atoms with Gasteiger partial charge in [-0.3, -0.25) is 4.79 Å². The first-order valence-electron chi connectivity index (χ1n) is 6.91. The zero-order valence-electron chi connectivity index (χ0n) is 12.1. The van der Waals surface area contributed by atoms with Crippen molar-refractivity contribution in [3.05, 3.63) is 59.1 Å². The van der Waals surface area contributed by atoms with Crippen molar-refractivity contribution in [2.24, 2.45) is 0 Å². The van der Waals surface area contributed by atoms with Gasteiger partial charge >= 0.3 is 0 Å². The monoisotopic (exact) mass is 303 g/mol. The van der Waals surface area contributed by atoms with Crippen LogP contribution in [0.25, 0.3) is 0 Å². The number of rotatable bonds is 5. The van der Waals surface area contributed by atoms with Gasteiger partial charge < -0.3 is 10.1 Å². The minimum atomic E-state index is -0.576. The second-order valence-electron chi connectivity index (χ2n) is 4.72. The van der Waals surface area contributed by atoms with E-state index in [4.69, 9.17) is 16.3 Å². The molecule has 1 N–H and O–H groups in total. The van der Waals surface area contributed by atoms with Crippen molar-refractivity contribution in [3.8, 4) is 5.75 Å². The number of carbonyl (C=O) groups is 1. The molecule has 0 aliphatic heterocycles. The summed E-state index contributed by atoms with van der Waals surface area (Å²) in [5, 5.41) is 3.44. The fourth-order valence-corrected chi connectivity index (χ4v) is 2.06. The van der Waals surface area contributed by atoms with E-state index >= 15 is 0 Å². The normalized spacial score (nSPS) is 11.8. The molecule has 0 aliphatic carbocycles. The van der Waals surface area contributed by atoms with Crippen molar-refractivity contribution >= 4 is 23.2 Å². The Hall–Kier alpha value is -2.00. The first-order valence-corrected chi connectivity index (χ1v) is 7.29. The van der Waals surface area contributed by atoms with Gasteiger partial charge in [-0.25, -0.2) is 0 Å². The SMILES string of the molecule is CCc1ccccc1O[C@@H](C)C(=O)Nc1ccc(Cl)cc1.